The van der Waals surface area contributed by atoms with Gasteiger partial charge in [0, 0.05) is 41.5 Å². The van der Waals surface area contributed by atoms with Crippen LogP contribution in [0.5, 0.6) is 5.75 Å². The quantitative estimate of drug-likeness (QED) is 0.323. The minimum absolute atomic E-state index is 0.0635. The Bertz CT molecular complexity index is 1480. The van der Waals surface area contributed by atoms with Gasteiger partial charge in [0.2, 0.25) is 0 Å². The number of nitrogens with one attached hydrogen (secondary N) is 2. The number of benzene rings is 1. The number of carboxylic acids is 1. The van der Waals surface area contributed by atoms with Crippen LogP contribution in [0.3, 0.4) is 0 Å². The zero-order valence-corrected chi connectivity index (χ0v) is 16.6. The zero-order valence-electron chi connectivity index (χ0n) is 16.6. The number of aromatic amines is 1. The van der Waals surface area contributed by atoms with Gasteiger partial charge in [-0.3, -0.25) is 4.98 Å². The van der Waals surface area contributed by atoms with E-state index < -0.39 is 11.8 Å². The number of nitrogens with zero attached hydrogens (tertiary/aromatic N) is 4. The minimum atomic E-state index is -1.16. The first kappa shape index (κ1) is 19.5. The number of aromatic carboxylic acids is 1. The predicted molar refractivity (Wildman–Crippen MR) is 115 cm³/mol. The molecular weight excluding hydrogens is 415 g/mol. The molecule has 160 valence electrons. The van der Waals surface area contributed by atoms with E-state index in [-0.39, 0.29) is 17.0 Å². The van der Waals surface area contributed by atoms with Gasteiger partial charge in [-0.05, 0) is 36.2 Å². The van der Waals surface area contributed by atoms with Crippen LogP contribution < -0.4 is 5.32 Å². The van der Waals surface area contributed by atoms with E-state index >= 15 is 0 Å². The molecule has 0 aliphatic heterocycles. The number of hydrogen-bond donors (Lipinski definition) is 4. The molecule has 0 amide bonds. The van der Waals surface area contributed by atoms with Gasteiger partial charge in [0.05, 0.1) is 18.1 Å². The minimum Gasteiger partial charge on any atom is -0.508 e. The Morgan fingerprint density at radius 1 is 1.19 bits per heavy atom. The van der Waals surface area contributed by atoms with Crippen LogP contribution in [-0.4, -0.2) is 47.3 Å². The summed E-state index contributed by atoms with van der Waals surface area (Å²) in [7, 11) is 0. The van der Waals surface area contributed by atoms with E-state index in [1.807, 2.05) is 12.3 Å². The lowest BCUT2D eigenvalue weighted by Gasteiger charge is -2.11. The standard InChI is InChI=1S/C22H17FN6O3/c23-14-5-13(8-24-10-14)19-7-20(29-21(28-19)17(11-27-29)22(31)32)25-4-3-12-9-26-18-2-1-15(30)6-16(12)18/h1-2,5-11,25-26,30H,3-4H2,(H,31,32). The largest absolute Gasteiger partial charge is 0.508 e. The molecule has 4 heterocycles. The summed E-state index contributed by atoms with van der Waals surface area (Å²) in [6.07, 6.45) is 6.28. The average molecular weight is 432 g/mol. The fraction of sp³-hybridized carbons (Fsp3) is 0.0909. The Morgan fingerprint density at radius 3 is 2.88 bits per heavy atom. The Balaban J connectivity index is 1.49. The Kier molecular flexibility index (Phi) is 4.66. The van der Waals surface area contributed by atoms with Crippen molar-refractivity contribution in [3.63, 3.8) is 0 Å². The maximum atomic E-state index is 13.7. The Hall–Kier alpha value is -4.47. The van der Waals surface area contributed by atoms with Crippen molar-refractivity contribution in [2.24, 2.45) is 0 Å². The molecule has 10 heteroatoms. The van der Waals surface area contributed by atoms with E-state index in [4.69, 9.17) is 0 Å². The Labute approximate surface area is 180 Å². The monoisotopic (exact) mass is 432 g/mol. The maximum Gasteiger partial charge on any atom is 0.341 e. The SMILES string of the molecule is O=C(O)c1cnn2c(NCCc3c[nH]c4ccc(O)cc34)cc(-c3cncc(F)c3)nc12. The molecule has 32 heavy (non-hydrogen) atoms. The number of carbonyl (C=O) groups is 1. The van der Waals surface area contributed by atoms with Crippen molar-refractivity contribution < 1.29 is 19.4 Å². The lowest BCUT2D eigenvalue weighted by atomic mass is 10.1. The lowest BCUT2D eigenvalue weighted by molar-refractivity contribution is 0.0698. The number of anilines is 1. The van der Waals surface area contributed by atoms with Gasteiger partial charge in [0.25, 0.3) is 0 Å². The molecule has 0 aliphatic rings. The van der Waals surface area contributed by atoms with Crippen LogP contribution in [0.4, 0.5) is 10.2 Å². The first-order chi connectivity index (χ1) is 15.5. The molecule has 4 aromatic heterocycles. The highest BCUT2D eigenvalue weighted by Gasteiger charge is 2.17. The van der Waals surface area contributed by atoms with Gasteiger partial charge in [-0.25, -0.2) is 14.2 Å². The molecule has 0 spiro atoms. The molecule has 4 N–H and O–H groups in total. The number of fused-ring (bicyclic) bond motifs is 2. The van der Waals surface area contributed by atoms with E-state index in [0.717, 1.165) is 22.7 Å². The molecule has 0 saturated heterocycles. The second-order valence-corrected chi connectivity index (χ2v) is 7.24. The van der Waals surface area contributed by atoms with Crippen LogP contribution in [0, 0.1) is 5.82 Å². The molecule has 0 saturated carbocycles. The number of H-pyrrole nitrogens is 1. The number of aromatic hydroxyl groups is 1. The number of aromatic nitrogens is 5. The van der Waals surface area contributed by atoms with Gasteiger partial charge < -0.3 is 20.5 Å². The normalized spacial score (nSPS) is 11.3. The van der Waals surface area contributed by atoms with Gasteiger partial charge in [-0.2, -0.15) is 9.61 Å². The van der Waals surface area contributed by atoms with Gasteiger partial charge in [0.15, 0.2) is 5.65 Å². The number of hydrogen-bond acceptors (Lipinski definition) is 6. The smallest absolute Gasteiger partial charge is 0.341 e. The van der Waals surface area contributed by atoms with E-state index in [2.05, 4.69) is 25.4 Å². The van der Waals surface area contributed by atoms with Crippen LogP contribution in [0.2, 0.25) is 0 Å². The van der Waals surface area contributed by atoms with Crippen molar-refractivity contribution in [1.82, 2.24) is 24.6 Å². The summed E-state index contributed by atoms with van der Waals surface area (Å²) in [5.74, 6) is -0.988. The number of phenols is 1. The van der Waals surface area contributed by atoms with Crippen molar-refractivity contribution in [1.29, 1.82) is 0 Å². The summed E-state index contributed by atoms with van der Waals surface area (Å²) in [5.41, 5.74) is 2.79. The number of pyridine rings is 1. The highest BCUT2D eigenvalue weighted by Crippen LogP contribution is 2.25. The van der Waals surface area contributed by atoms with Gasteiger partial charge in [-0.1, -0.05) is 0 Å². The lowest BCUT2D eigenvalue weighted by Crippen LogP contribution is -2.10. The van der Waals surface area contributed by atoms with E-state index in [9.17, 15) is 19.4 Å². The number of rotatable bonds is 6. The van der Waals surface area contributed by atoms with Gasteiger partial charge in [-0.15, -0.1) is 0 Å². The van der Waals surface area contributed by atoms with Gasteiger partial charge >= 0.3 is 5.97 Å². The van der Waals surface area contributed by atoms with Crippen LogP contribution in [0.1, 0.15) is 15.9 Å². The van der Waals surface area contributed by atoms with Crippen LogP contribution >= 0.6 is 0 Å². The summed E-state index contributed by atoms with van der Waals surface area (Å²) < 4.78 is 15.1. The van der Waals surface area contributed by atoms with Gasteiger partial charge in [0.1, 0.15) is 22.9 Å². The third-order valence-electron chi connectivity index (χ3n) is 5.15. The van der Waals surface area contributed by atoms with E-state index in [1.165, 1.54) is 23.0 Å². The van der Waals surface area contributed by atoms with Crippen molar-refractivity contribution in [3.05, 3.63) is 72.1 Å². The molecule has 0 unspecified atom stereocenters. The first-order valence-electron chi connectivity index (χ1n) is 9.75. The van der Waals surface area contributed by atoms with Crippen molar-refractivity contribution in [2.75, 3.05) is 11.9 Å². The molecule has 9 nitrogen and oxygen atoms in total. The Morgan fingerprint density at radius 2 is 2.06 bits per heavy atom. The number of carboxylic acid groups (broad SMARTS) is 1. The fourth-order valence-corrected chi connectivity index (χ4v) is 3.64. The van der Waals surface area contributed by atoms with E-state index in [0.29, 0.717) is 30.0 Å². The van der Waals surface area contributed by atoms with Crippen molar-refractivity contribution in [2.45, 2.75) is 6.42 Å². The summed E-state index contributed by atoms with van der Waals surface area (Å²) in [4.78, 5) is 23.0. The molecule has 0 radical (unpaired) electrons. The molecule has 0 bridgehead atoms. The second kappa shape index (κ2) is 7.65. The third-order valence-corrected chi connectivity index (χ3v) is 5.15. The van der Waals surface area contributed by atoms with Crippen LogP contribution in [-0.2, 0) is 6.42 Å². The molecule has 5 aromatic rings. The molecule has 0 atom stereocenters. The maximum absolute atomic E-state index is 13.7. The zero-order chi connectivity index (χ0) is 22.2. The summed E-state index contributed by atoms with van der Waals surface area (Å²) in [6.45, 7) is 0.491. The third kappa shape index (κ3) is 3.47. The fourth-order valence-electron chi connectivity index (χ4n) is 3.64. The highest BCUT2D eigenvalue weighted by molar-refractivity contribution is 5.94. The summed E-state index contributed by atoms with van der Waals surface area (Å²) in [5, 5.41) is 27.6. The van der Waals surface area contributed by atoms with Crippen molar-refractivity contribution >= 4 is 28.3 Å². The van der Waals surface area contributed by atoms with Crippen LogP contribution in [0.15, 0.2) is 55.1 Å². The number of phenolic OH excluding ortho intramolecular Hbond substituents is 1. The highest BCUT2D eigenvalue weighted by atomic mass is 19.1. The van der Waals surface area contributed by atoms with Crippen LogP contribution in [0.25, 0.3) is 27.8 Å². The molecule has 5 rings (SSSR count). The van der Waals surface area contributed by atoms with E-state index in [1.54, 1.807) is 18.2 Å². The first-order valence-corrected chi connectivity index (χ1v) is 9.75. The summed E-state index contributed by atoms with van der Waals surface area (Å²) >= 11 is 0. The second-order valence-electron chi connectivity index (χ2n) is 7.24. The molecule has 0 fully saturated rings. The average Bonchev–Trinajstić information content (AvgIpc) is 3.38. The summed E-state index contributed by atoms with van der Waals surface area (Å²) in [6, 6.07) is 8.08. The van der Waals surface area contributed by atoms with Crippen molar-refractivity contribution in [3.8, 4) is 17.0 Å². The molecule has 0 aliphatic carbocycles. The topological polar surface area (TPSA) is 128 Å². The molecule has 1 aromatic carbocycles. The predicted octanol–water partition coefficient (Wildman–Crippen LogP) is 3.47. The number of halogens is 1. The molecular formula is C22H17FN6O3.